The third-order valence-corrected chi connectivity index (χ3v) is 5.70. The van der Waals surface area contributed by atoms with Crippen LogP contribution >= 0.6 is 0 Å². The summed E-state index contributed by atoms with van der Waals surface area (Å²) in [4.78, 5) is 1.89. The van der Waals surface area contributed by atoms with Gasteiger partial charge in [-0.05, 0) is 45.1 Å². The number of hydrogen-bond acceptors (Lipinski definition) is 3. The maximum atomic E-state index is 13.1. The lowest BCUT2D eigenvalue weighted by Crippen LogP contribution is -2.62. The van der Waals surface area contributed by atoms with E-state index in [4.69, 9.17) is 0 Å². The fourth-order valence-corrected chi connectivity index (χ4v) is 3.85. The van der Waals surface area contributed by atoms with E-state index in [-0.39, 0.29) is 18.4 Å². The second-order valence-corrected chi connectivity index (χ2v) is 6.73. The van der Waals surface area contributed by atoms with Crippen LogP contribution in [-0.4, -0.2) is 45.5 Å². The topological polar surface area (TPSA) is 43.7 Å². The van der Waals surface area contributed by atoms with Crippen molar-refractivity contribution in [2.75, 3.05) is 13.1 Å². The molecule has 1 heterocycles. The summed E-state index contributed by atoms with van der Waals surface area (Å²) in [6.45, 7) is 8.19. The van der Waals surface area contributed by atoms with Crippen LogP contribution in [0.1, 0.15) is 53.4 Å². The number of rotatable bonds is 3. The van der Waals surface area contributed by atoms with Gasteiger partial charge in [0.25, 0.3) is 5.92 Å². The third-order valence-electron chi connectivity index (χ3n) is 5.70. The molecule has 2 saturated carbocycles. The number of likely N-dealkylation sites (tertiary alicyclic amines) is 1. The average molecular weight is 291 g/mol. The first-order valence-corrected chi connectivity index (χ1v) is 7.70. The summed E-state index contributed by atoms with van der Waals surface area (Å²) in [7, 11) is 0. The van der Waals surface area contributed by atoms with Gasteiger partial charge in [0.05, 0.1) is 5.54 Å². The van der Waals surface area contributed by atoms with Crippen LogP contribution in [0.4, 0.5) is 8.78 Å². The van der Waals surface area contributed by atoms with Crippen LogP contribution in [0.15, 0.2) is 0 Å². The summed E-state index contributed by atoms with van der Waals surface area (Å²) < 4.78 is 26.1. The molecule has 1 spiro atoms. The van der Waals surface area contributed by atoms with Gasteiger partial charge in [-0.3, -0.25) is 4.90 Å². The summed E-state index contributed by atoms with van der Waals surface area (Å²) in [6, 6.07) is 0. The lowest BCUT2D eigenvalue weighted by molar-refractivity contribution is -0.240. The van der Waals surface area contributed by atoms with Crippen molar-refractivity contribution in [3.05, 3.63) is 0 Å². The van der Waals surface area contributed by atoms with Crippen molar-refractivity contribution in [2.45, 2.75) is 70.6 Å². The van der Waals surface area contributed by atoms with Crippen molar-refractivity contribution < 1.29 is 19.0 Å². The molecule has 1 saturated heterocycles. The van der Waals surface area contributed by atoms with E-state index in [1.807, 2.05) is 25.7 Å². The second kappa shape index (κ2) is 4.62. The van der Waals surface area contributed by atoms with Gasteiger partial charge in [0.2, 0.25) is 0 Å². The predicted molar refractivity (Wildman–Crippen MR) is 73.5 cm³/mol. The van der Waals surface area contributed by atoms with E-state index in [0.717, 1.165) is 19.3 Å². The van der Waals surface area contributed by atoms with E-state index in [9.17, 15) is 19.0 Å². The van der Waals surface area contributed by atoms with Gasteiger partial charge < -0.3 is 10.2 Å². The highest BCUT2D eigenvalue weighted by Crippen LogP contribution is 2.66. The molecule has 0 bridgehead atoms. The molecule has 118 valence electrons. The maximum absolute atomic E-state index is 13.1. The van der Waals surface area contributed by atoms with Crippen molar-refractivity contribution in [2.24, 2.45) is 11.3 Å². The quantitative estimate of drug-likeness (QED) is 0.786. The summed E-state index contributed by atoms with van der Waals surface area (Å²) in [5.74, 6) is -4.99. The summed E-state index contributed by atoms with van der Waals surface area (Å²) in [5.41, 5.74) is -0.867. The molecule has 5 heteroatoms. The predicted octanol–water partition coefficient (Wildman–Crippen LogP) is 2.61. The van der Waals surface area contributed by atoms with Crippen molar-refractivity contribution in [3.63, 3.8) is 0 Å². The minimum absolute atomic E-state index is 0.0554. The first kappa shape index (κ1) is 16.1. The smallest absolute Gasteiger partial charge is 0.252 e. The van der Waals surface area contributed by atoms with Crippen molar-refractivity contribution in [1.82, 2.24) is 4.90 Å². The number of nitrogens with zero attached hydrogens (tertiary/aromatic N) is 1. The van der Waals surface area contributed by atoms with Gasteiger partial charge in [-0.25, -0.2) is 8.78 Å². The lowest BCUT2D eigenvalue weighted by Gasteiger charge is -2.47. The van der Waals surface area contributed by atoms with Crippen LogP contribution in [0.3, 0.4) is 0 Å². The maximum Gasteiger partial charge on any atom is 0.252 e. The molecule has 1 aliphatic heterocycles. The molecular weight excluding hydrogens is 264 g/mol. The molecule has 0 aromatic rings. The molecule has 0 radical (unpaired) electrons. The highest BCUT2D eigenvalue weighted by atomic mass is 19.3. The standard InChI is InChI=1S/C13H21F2NO2.C2H6/c1-10(11(2,17)18)12(3-4-12)5-6-16(10)8-9-7-13(9,14)15;1-2/h9,17-18H,3-8H2,1-2H3;1-2H3/t9?,10-;/m0./s1. The molecule has 3 rings (SSSR count). The number of alkyl halides is 2. The van der Waals surface area contributed by atoms with Crippen LogP contribution in [-0.2, 0) is 0 Å². The molecule has 3 nitrogen and oxygen atoms in total. The molecule has 0 aromatic carbocycles. The number of aliphatic hydroxyl groups is 2. The zero-order valence-corrected chi connectivity index (χ0v) is 12.9. The van der Waals surface area contributed by atoms with Crippen molar-refractivity contribution >= 4 is 0 Å². The molecule has 0 aromatic heterocycles. The van der Waals surface area contributed by atoms with Gasteiger partial charge >= 0.3 is 0 Å². The molecule has 20 heavy (non-hydrogen) atoms. The van der Waals surface area contributed by atoms with E-state index in [0.29, 0.717) is 6.54 Å². The molecule has 3 aliphatic rings. The molecular formula is C15H27F2NO2. The van der Waals surface area contributed by atoms with Crippen LogP contribution in [0.2, 0.25) is 0 Å². The van der Waals surface area contributed by atoms with Crippen molar-refractivity contribution in [1.29, 1.82) is 0 Å². The molecule has 3 fully saturated rings. The molecule has 2 N–H and O–H groups in total. The zero-order valence-electron chi connectivity index (χ0n) is 12.9. The van der Waals surface area contributed by atoms with Crippen LogP contribution in [0, 0.1) is 11.3 Å². The normalized spacial score (nSPS) is 37.5. The second-order valence-electron chi connectivity index (χ2n) is 6.73. The van der Waals surface area contributed by atoms with Gasteiger partial charge in [0, 0.05) is 18.9 Å². The Hall–Kier alpha value is -0.260. The summed E-state index contributed by atoms with van der Waals surface area (Å²) in [5, 5.41) is 20.2. The van der Waals surface area contributed by atoms with E-state index in [1.54, 1.807) is 0 Å². The van der Waals surface area contributed by atoms with Gasteiger partial charge in [-0.2, -0.15) is 0 Å². The highest BCUT2D eigenvalue weighted by molar-refractivity contribution is 5.20. The highest BCUT2D eigenvalue weighted by Gasteiger charge is 2.70. The van der Waals surface area contributed by atoms with Crippen molar-refractivity contribution in [3.8, 4) is 0 Å². The minimum Gasteiger partial charge on any atom is -0.364 e. The lowest BCUT2D eigenvalue weighted by atomic mass is 9.77. The Morgan fingerprint density at radius 3 is 2.05 bits per heavy atom. The molecule has 0 amide bonds. The Balaban J connectivity index is 0.000000704. The Kier molecular flexibility index (Phi) is 3.72. The Bertz CT molecular complexity index is 377. The van der Waals surface area contributed by atoms with Gasteiger partial charge in [0.15, 0.2) is 5.79 Å². The van der Waals surface area contributed by atoms with Crippen LogP contribution in [0.5, 0.6) is 0 Å². The minimum atomic E-state index is -2.54. The zero-order chi connectivity index (χ0) is 15.4. The Morgan fingerprint density at radius 1 is 1.20 bits per heavy atom. The summed E-state index contributed by atoms with van der Waals surface area (Å²) in [6.07, 6.45) is 2.77. The van der Waals surface area contributed by atoms with Crippen LogP contribution in [0.25, 0.3) is 0 Å². The first-order valence-electron chi connectivity index (χ1n) is 7.70. The Labute approximate surface area is 120 Å². The van der Waals surface area contributed by atoms with E-state index < -0.39 is 23.2 Å². The molecule has 2 atom stereocenters. The summed E-state index contributed by atoms with van der Waals surface area (Å²) >= 11 is 0. The fourth-order valence-electron chi connectivity index (χ4n) is 3.85. The van der Waals surface area contributed by atoms with E-state index in [2.05, 4.69) is 0 Å². The SMILES string of the molecule is CC.CC(O)(O)[C@]1(C)N(CC2CC2(F)F)CCC12CC2. The fraction of sp³-hybridized carbons (Fsp3) is 1.00. The monoisotopic (exact) mass is 291 g/mol. The van der Waals surface area contributed by atoms with Crippen LogP contribution < -0.4 is 0 Å². The van der Waals surface area contributed by atoms with Gasteiger partial charge in [0.1, 0.15) is 0 Å². The molecule has 2 aliphatic carbocycles. The van der Waals surface area contributed by atoms with Gasteiger partial charge in [-0.15, -0.1) is 0 Å². The number of hydrogen-bond donors (Lipinski definition) is 2. The molecule has 1 unspecified atom stereocenters. The number of halogens is 2. The first-order chi connectivity index (χ1) is 9.12. The van der Waals surface area contributed by atoms with E-state index in [1.165, 1.54) is 6.92 Å². The van der Waals surface area contributed by atoms with E-state index >= 15 is 0 Å². The third kappa shape index (κ3) is 2.18. The largest absolute Gasteiger partial charge is 0.364 e. The average Bonchev–Trinajstić information content (AvgIpc) is 3.21. The van der Waals surface area contributed by atoms with Gasteiger partial charge in [-0.1, -0.05) is 13.8 Å². The Morgan fingerprint density at radius 2 is 1.70 bits per heavy atom.